The summed E-state index contributed by atoms with van der Waals surface area (Å²) in [6.45, 7) is 7.45. The molecule has 0 radical (unpaired) electrons. The maximum absolute atomic E-state index is 10.7. The van der Waals surface area contributed by atoms with Gasteiger partial charge < -0.3 is 10.4 Å². The molecule has 0 aromatic heterocycles. The summed E-state index contributed by atoms with van der Waals surface area (Å²) < 4.78 is 0. The molecule has 0 unspecified atom stereocenters. The molecule has 0 heterocycles. The zero-order chi connectivity index (χ0) is 12.2. The van der Waals surface area contributed by atoms with Crippen LogP contribution >= 0.6 is 0 Å². The minimum atomic E-state index is -0.888. The molecule has 88 valence electrons. The Morgan fingerprint density at radius 2 is 1.88 bits per heavy atom. The van der Waals surface area contributed by atoms with Crippen LogP contribution in [0.25, 0.3) is 0 Å². The van der Waals surface area contributed by atoms with Crippen LogP contribution in [-0.2, 0) is 0 Å². The van der Waals surface area contributed by atoms with Gasteiger partial charge in [-0.3, -0.25) is 0 Å². The van der Waals surface area contributed by atoms with Crippen LogP contribution in [-0.4, -0.2) is 17.6 Å². The molecule has 0 aliphatic rings. The molecule has 0 saturated carbocycles. The highest BCUT2D eigenvalue weighted by Gasteiger charge is 2.14. The van der Waals surface area contributed by atoms with Gasteiger partial charge in [0.1, 0.15) is 0 Å². The number of carbonyl (C=O) groups is 1. The van der Waals surface area contributed by atoms with Crippen LogP contribution in [0.15, 0.2) is 24.3 Å². The molecule has 0 aliphatic heterocycles. The van der Waals surface area contributed by atoms with Crippen molar-refractivity contribution in [2.45, 2.75) is 27.2 Å². The van der Waals surface area contributed by atoms with Gasteiger partial charge in [-0.2, -0.15) is 0 Å². The van der Waals surface area contributed by atoms with Crippen molar-refractivity contribution < 1.29 is 9.90 Å². The van der Waals surface area contributed by atoms with Crippen molar-refractivity contribution in [3.63, 3.8) is 0 Å². The summed E-state index contributed by atoms with van der Waals surface area (Å²) in [7, 11) is 0. The fourth-order valence-electron chi connectivity index (χ4n) is 1.20. The Morgan fingerprint density at radius 1 is 1.31 bits per heavy atom. The van der Waals surface area contributed by atoms with Crippen LogP contribution in [0.5, 0.6) is 0 Å². The molecule has 0 spiro atoms. The van der Waals surface area contributed by atoms with E-state index in [-0.39, 0.29) is 5.41 Å². The Labute approximate surface area is 96.5 Å². The first-order valence-corrected chi connectivity index (χ1v) is 5.52. The Kier molecular flexibility index (Phi) is 3.93. The summed E-state index contributed by atoms with van der Waals surface area (Å²) in [4.78, 5) is 10.7. The molecule has 0 amide bonds. The number of carboxylic acid groups (broad SMARTS) is 1. The molecule has 0 bridgehead atoms. The zero-order valence-electron chi connectivity index (χ0n) is 10.1. The average Bonchev–Trinajstić information content (AvgIpc) is 2.27. The number of anilines is 1. The minimum Gasteiger partial charge on any atom is -0.478 e. The molecule has 1 aromatic carbocycles. The number of aromatic carboxylic acids is 1. The lowest BCUT2D eigenvalue weighted by Gasteiger charge is -2.23. The van der Waals surface area contributed by atoms with Crippen LogP contribution in [0.3, 0.4) is 0 Å². The predicted molar refractivity (Wildman–Crippen MR) is 66.0 cm³/mol. The quantitative estimate of drug-likeness (QED) is 0.802. The summed E-state index contributed by atoms with van der Waals surface area (Å²) in [6, 6.07) is 6.83. The van der Waals surface area contributed by atoms with Gasteiger partial charge in [-0.25, -0.2) is 4.79 Å². The van der Waals surface area contributed by atoms with Gasteiger partial charge in [0, 0.05) is 12.2 Å². The largest absolute Gasteiger partial charge is 0.478 e. The van der Waals surface area contributed by atoms with E-state index >= 15 is 0 Å². The van der Waals surface area contributed by atoms with E-state index in [4.69, 9.17) is 5.11 Å². The highest BCUT2D eigenvalue weighted by Crippen LogP contribution is 2.20. The Hall–Kier alpha value is -1.51. The first-order valence-electron chi connectivity index (χ1n) is 5.52. The molecule has 16 heavy (non-hydrogen) atoms. The van der Waals surface area contributed by atoms with E-state index < -0.39 is 5.97 Å². The predicted octanol–water partition coefficient (Wildman–Crippen LogP) is 3.23. The number of carboxylic acids is 1. The van der Waals surface area contributed by atoms with E-state index in [2.05, 4.69) is 26.1 Å². The van der Waals surface area contributed by atoms with Crippen LogP contribution in [0.4, 0.5) is 5.69 Å². The van der Waals surface area contributed by atoms with Gasteiger partial charge >= 0.3 is 5.97 Å². The number of hydrogen-bond donors (Lipinski definition) is 2. The van der Waals surface area contributed by atoms with Crippen LogP contribution in [0.1, 0.15) is 37.6 Å². The lowest BCUT2D eigenvalue weighted by Crippen LogP contribution is -2.21. The number of rotatable bonds is 5. The third kappa shape index (κ3) is 3.57. The molecule has 1 aromatic rings. The van der Waals surface area contributed by atoms with Gasteiger partial charge in [0.15, 0.2) is 0 Å². The summed E-state index contributed by atoms with van der Waals surface area (Å²) in [5, 5.41) is 12.1. The molecule has 0 aliphatic carbocycles. The first kappa shape index (κ1) is 12.6. The van der Waals surface area contributed by atoms with Crippen molar-refractivity contribution in [3.05, 3.63) is 29.8 Å². The molecule has 2 N–H and O–H groups in total. The molecule has 3 nitrogen and oxygen atoms in total. The van der Waals surface area contributed by atoms with Gasteiger partial charge in [-0.15, -0.1) is 0 Å². The smallest absolute Gasteiger partial charge is 0.335 e. The molecule has 0 atom stereocenters. The first-order chi connectivity index (χ1) is 7.44. The second-order valence-corrected chi connectivity index (χ2v) is 4.75. The van der Waals surface area contributed by atoms with Crippen LogP contribution in [0, 0.1) is 5.41 Å². The zero-order valence-corrected chi connectivity index (χ0v) is 10.1. The minimum absolute atomic E-state index is 0.255. The van der Waals surface area contributed by atoms with Gasteiger partial charge in [0.05, 0.1) is 5.56 Å². The van der Waals surface area contributed by atoms with Crippen molar-refractivity contribution in [3.8, 4) is 0 Å². The van der Waals surface area contributed by atoms with Crippen LogP contribution < -0.4 is 5.32 Å². The molecular formula is C13H19NO2. The van der Waals surface area contributed by atoms with E-state index in [1.807, 2.05) is 0 Å². The van der Waals surface area contributed by atoms with Crippen molar-refractivity contribution in [2.24, 2.45) is 5.41 Å². The SMILES string of the molecule is CCC(C)(C)CNc1ccc(C(=O)O)cc1. The second-order valence-electron chi connectivity index (χ2n) is 4.75. The summed E-state index contributed by atoms with van der Waals surface area (Å²) in [5.74, 6) is -0.888. The lowest BCUT2D eigenvalue weighted by molar-refractivity contribution is 0.0697. The van der Waals surface area contributed by atoms with Crippen molar-refractivity contribution in [1.29, 1.82) is 0 Å². The Bertz CT molecular complexity index is 355. The Balaban J connectivity index is 2.59. The fraction of sp³-hybridized carbons (Fsp3) is 0.462. The maximum Gasteiger partial charge on any atom is 0.335 e. The van der Waals surface area contributed by atoms with E-state index in [9.17, 15) is 4.79 Å². The highest BCUT2D eigenvalue weighted by atomic mass is 16.4. The molecule has 0 saturated heterocycles. The average molecular weight is 221 g/mol. The number of nitrogens with one attached hydrogen (secondary N) is 1. The van der Waals surface area contributed by atoms with Gasteiger partial charge in [0.2, 0.25) is 0 Å². The molecule has 0 fully saturated rings. The topological polar surface area (TPSA) is 49.3 Å². The lowest BCUT2D eigenvalue weighted by atomic mass is 9.90. The van der Waals surface area contributed by atoms with E-state index in [0.29, 0.717) is 5.56 Å². The van der Waals surface area contributed by atoms with E-state index in [0.717, 1.165) is 18.7 Å². The summed E-state index contributed by atoms with van der Waals surface area (Å²) >= 11 is 0. The van der Waals surface area contributed by atoms with Crippen molar-refractivity contribution in [2.75, 3.05) is 11.9 Å². The third-order valence-electron chi connectivity index (χ3n) is 2.86. The summed E-state index contributed by atoms with van der Waals surface area (Å²) in [6.07, 6.45) is 1.10. The molecule has 3 heteroatoms. The maximum atomic E-state index is 10.7. The normalized spacial score (nSPS) is 11.2. The third-order valence-corrected chi connectivity index (χ3v) is 2.86. The van der Waals surface area contributed by atoms with Gasteiger partial charge in [-0.05, 0) is 36.1 Å². The molecule has 1 rings (SSSR count). The van der Waals surface area contributed by atoms with E-state index in [1.54, 1.807) is 24.3 Å². The fourth-order valence-corrected chi connectivity index (χ4v) is 1.20. The van der Waals surface area contributed by atoms with Crippen molar-refractivity contribution >= 4 is 11.7 Å². The Morgan fingerprint density at radius 3 is 2.31 bits per heavy atom. The number of benzene rings is 1. The van der Waals surface area contributed by atoms with Crippen LogP contribution in [0.2, 0.25) is 0 Å². The van der Waals surface area contributed by atoms with E-state index in [1.165, 1.54) is 0 Å². The monoisotopic (exact) mass is 221 g/mol. The second kappa shape index (κ2) is 5.01. The standard InChI is InChI=1S/C13H19NO2/c1-4-13(2,3)9-14-11-7-5-10(6-8-11)12(15)16/h5-8,14H,4,9H2,1-3H3,(H,15,16). The van der Waals surface area contributed by atoms with Gasteiger partial charge in [-0.1, -0.05) is 20.8 Å². The summed E-state index contributed by atoms with van der Waals surface area (Å²) in [5.41, 5.74) is 1.54. The van der Waals surface area contributed by atoms with Gasteiger partial charge in [0.25, 0.3) is 0 Å². The van der Waals surface area contributed by atoms with Crippen molar-refractivity contribution in [1.82, 2.24) is 0 Å². The highest BCUT2D eigenvalue weighted by molar-refractivity contribution is 5.87. The number of hydrogen-bond acceptors (Lipinski definition) is 2. The molecular weight excluding hydrogens is 202 g/mol.